The van der Waals surface area contributed by atoms with Crippen molar-refractivity contribution in [2.75, 3.05) is 20.8 Å². The molecule has 3 aliphatic rings. The standard InChI is InChI=1S/C29H29N3O2.3C2H6/c1-33-24-15-22(16-25(19-24)34-2)20-9-11-21(12-10-20)23-17-28(26-7-3-5-13-30-26)32-29(18-23)27-8-4-6-14-31-27;3*1-2/h3-13,15-19,26,29-32H,14H2,1-2H3;3*1-2H3. The zero-order valence-electron chi connectivity index (χ0n) is 25.4. The summed E-state index contributed by atoms with van der Waals surface area (Å²) < 4.78 is 10.9. The SMILES string of the molecule is CC.CC.CC.COc1cc(OC)cc(-c2ccc(C3=CC(C4=CC=CCN4)NC(C4C=CC=CN4)=C3)cc2)c1. The topological polar surface area (TPSA) is 54.6 Å². The predicted octanol–water partition coefficient (Wildman–Crippen LogP) is 7.77. The largest absolute Gasteiger partial charge is 0.497 e. The van der Waals surface area contributed by atoms with Crippen LogP contribution in [-0.2, 0) is 0 Å². The predicted molar refractivity (Wildman–Crippen MR) is 172 cm³/mol. The lowest BCUT2D eigenvalue weighted by Crippen LogP contribution is -2.43. The highest BCUT2D eigenvalue weighted by Crippen LogP contribution is 2.32. The highest BCUT2D eigenvalue weighted by molar-refractivity contribution is 5.79. The molecule has 0 spiro atoms. The zero-order valence-corrected chi connectivity index (χ0v) is 25.4. The van der Waals surface area contributed by atoms with Crippen LogP contribution in [0.1, 0.15) is 47.1 Å². The minimum absolute atomic E-state index is 0.0726. The minimum atomic E-state index is 0.0726. The van der Waals surface area contributed by atoms with Crippen molar-refractivity contribution in [2.24, 2.45) is 0 Å². The van der Waals surface area contributed by atoms with Crippen molar-refractivity contribution in [3.05, 3.63) is 114 Å². The van der Waals surface area contributed by atoms with E-state index in [1.807, 2.05) is 72.0 Å². The third kappa shape index (κ3) is 8.44. The van der Waals surface area contributed by atoms with Crippen LogP contribution in [0.25, 0.3) is 16.7 Å². The molecule has 0 bridgehead atoms. The number of dihydropyridines is 3. The lowest BCUT2D eigenvalue weighted by molar-refractivity contribution is 0.394. The second kappa shape index (κ2) is 17.5. The maximum absolute atomic E-state index is 5.44. The van der Waals surface area contributed by atoms with Crippen LogP contribution in [0.5, 0.6) is 11.5 Å². The molecule has 214 valence electrons. The summed E-state index contributed by atoms with van der Waals surface area (Å²) in [5, 5.41) is 10.6. The second-order valence-electron chi connectivity index (χ2n) is 8.34. The van der Waals surface area contributed by atoms with Gasteiger partial charge in [0.15, 0.2) is 0 Å². The quantitative estimate of drug-likeness (QED) is 0.349. The van der Waals surface area contributed by atoms with E-state index in [2.05, 4.69) is 82.7 Å². The maximum atomic E-state index is 5.44. The van der Waals surface area contributed by atoms with Crippen molar-refractivity contribution in [1.82, 2.24) is 16.0 Å². The van der Waals surface area contributed by atoms with Crippen LogP contribution in [0.3, 0.4) is 0 Å². The van der Waals surface area contributed by atoms with Crippen molar-refractivity contribution in [3.63, 3.8) is 0 Å². The third-order valence-electron chi connectivity index (χ3n) is 6.18. The molecule has 2 aromatic carbocycles. The Hall–Kier alpha value is -4.12. The van der Waals surface area contributed by atoms with E-state index in [-0.39, 0.29) is 12.1 Å². The molecule has 3 heterocycles. The number of nitrogens with one attached hydrogen (secondary N) is 3. The first-order valence-corrected chi connectivity index (χ1v) is 14.5. The molecule has 0 aliphatic carbocycles. The molecule has 5 heteroatoms. The molecule has 5 nitrogen and oxygen atoms in total. The van der Waals surface area contributed by atoms with Gasteiger partial charge in [0.2, 0.25) is 0 Å². The molecule has 0 saturated carbocycles. The molecule has 2 unspecified atom stereocenters. The zero-order chi connectivity index (χ0) is 29.3. The molecule has 0 saturated heterocycles. The molecular weight excluding hydrogens is 494 g/mol. The summed E-state index contributed by atoms with van der Waals surface area (Å²) in [6.45, 7) is 12.8. The lowest BCUT2D eigenvalue weighted by atomic mass is 9.93. The summed E-state index contributed by atoms with van der Waals surface area (Å²) in [7, 11) is 3.34. The van der Waals surface area contributed by atoms with Crippen molar-refractivity contribution < 1.29 is 9.47 Å². The summed E-state index contributed by atoms with van der Waals surface area (Å²) in [5.74, 6) is 1.55. The Morgan fingerprint density at radius 1 is 0.700 bits per heavy atom. The molecule has 2 atom stereocenters. The first-order chi connectivity index (χ1) is 19.7. The number of ether oxygens (including phenoxy) is 2. The van der Waals surface area contributed by atoms with Gasteiger partial charge in [-0.2, -0.15) is 0 Å². The first kappa shape index (κ1) is 32.1. The molecule has 0 fully saturated rings. The molecule has 0 radical (unpaired) electrons. The smallest absolute Gasteiger partial charge is 0.123 e. The highest BCUT2D eigenvalue weighted by atomic mass is 16.5. The van der Waals surface area contributed by atoms with E-state index in [0.717, 1.165) is 34.9 Å². The summed E-state index contributed by atoms with van der Waals surface area (Å²) in [6.07, 6.45) is 19.1. The number of rotatable bonds is 6. The average molecular weight is 542 g/mol. The van der Waals surface area contributed by atoms with Gasteiger partial charge in [-0.3, -0.25) is 0 Å². The van der Waals surface area contributed by atoms with E-state index in [0.29, 0.717) is 0 Å². The third-order valence-corrected chi connectivity index (χ3v) is 6.18. The Labute approximate surface area is 242 Å². The van der Waals surface area contributed by atoms with Crippen LogP contribution in [0, 0.1) is 0 Å². The van der Waals surface area contributed by atoms with Crippen molar-refractivity contribution in [3.8, 4) is 22.6 Å². The number of methoxy groups -OCH3 is 2. The lowest BCUT2D eigenvalue weighted by Gasteiger charge is -2.31. The maximum Gasteiger partial charge on any atom is 0.123 e. The van der Waals surface area contributed by atoms with Crippen LogP contribution in [-0.4, -0.2) is 32.8 Å². The van der Waals surface area contributed by atoms with Gasteiger partial charge in [0, 0.05) is 24.0 Å². The van der Waals surface area contributed by atoms with Gasteiger partial charge in [-0.05, 0) is 64.9 Å². The fourth-order valence-corrected chi connectivity index (χ4v) is 4.34. The summed E-state index contributed by atoms with van der Waals surface area (Å²) in [5.41, 5.74) is 6.84. The summed E-state index contributed by atoms with van der Waals surface area (Å²) >= 11 is 0. The molecular formula is C35H47N3O2. The van der Waals surface area contributed by atoms with Crippen LogP contribution in [0.15, 0.2) is 109 Å². The monoisotopic (exact) mass is 541 g/mol. The van der Waals surface area contributed by atoms with Crippen LogP contribution < -0.4 is 25.4 Å². The molecule has 5 rings (SSSR count). The van der Waals surface area contributed by atoms with Gasteiger partial charge in [0.05, 0.1) is 26.3 Å². The normalized spacial score (nSPS) is 18.1. The van der Waals surface area contributed by atoms with Crippen LogP contribution in [0.2, 0.25) is 0 Å². The van der Waals surface area contributed by atoms with E-state index in [4.69, 9.17) is 9.47 Å². The van der Waals surface area contributed by atoms with E-state index in [1.54, 1.807) is 14.2 Å². The van der Waals surface area contributed by atoms with E-state index >= 15 is 0 Å². The number of benzene rings is 2. The highest BCUT2D eigenvalue weighted by Gasteiger charge is 2.23. The van der Waals surface area contributed by atoms with Crippen molar-refractivity contribution >= 4 is 5.57 Å². The Kier molecular flexibility index (Phi) is 14.0. The van der Waals surface area contributed by atoms with Gasteiger partial charge in [-0.1, -0.05) is 90.1 Å². The molecule has 2 aromatic rings. The fourth-order valence-electron chi connectivity index (χ4n) is 4.34. The molecule has 0 aromatic heterocycles. The number of hydrogen-bond donors (Lipinski definition) is 3. The number of allylic oxidation sites excluding steroid dienone is 6. The Bertz CT molecular complexity index is 1210. The van der Waals surface area contributed by atoms with E-state index in [9.17, 15) is 0 Å². The van der Waals surface area contributed by atoms with Crippen molar-refractivity contribution in [1.29, 1.82) is 0 Å². The minimum Gasteiger partial charge on any atom is -0.497 e. The molecule has 3 aliphatic heterocycles. The Balaban J connectivity index is 0.000000876. The van der Waals surface area contributed by atoms with Gasteiger partial charge in [0.25, 0.3) is 0 Å². The van der Waals surface area contributed by atoms with Gasteiger partial charge in [0.1, 0.15) is 11.5 Å². The number of hydrogen-bond acceptors (Lipinski definition) is 5. The van der Waals surface area contributed by atoms with Gasteiger partial charge in [-0.15, -0.1) is 0 Å². The first-order valence-electron chi connectivity index (χ1n) is 14.5. The average Bonchev–Trinajstić information content (AvgIpc) is 3.08. The summed E-state index contributed by atoms with van der Waals surface area (Å²) in [6, 6.07) is 14.8. The Morgan fingerprint density at radius 3 is 1.90 bits per heavy atom. The molecule has 40 heavy (non-hydrogen) atoms. The Morgan fingerprint density at radius 2 is 1.35 bits per heavy atom. The van der Waals surface area contributed by atoms with Crippen molar-refractivity contribution in [2.45, 2.75) is 53.6 Å². The molecule has 3 N–H and O–H groups in total. The van der Waals surface area contributed by atoms with Crippen LogP contribution >= 0.6 is 0 Å². The van der Waals surface area contributed by atoms with Gasteiger partial charge < -0.3 is 25.4 Å². The van der Waals surface area contributed by atoms with E-state index < -0.39 is 0 Å². The van der Waals surface area contributed by atoms with Crippen LogP contribution in [0.4, 0.5) is 0 Å². The van der Waals surface area contributed by atoms with Gasteiger partial charge >= 0.3 is 0 Å². The fraction of sp³-hybridized carbons (Fsp3) is 0.314. The molecule has 0 amide bonds. The second-order valence-corrected chi connectivity index (χ2v) is 8.34. The summed E-state index contributed by atoms with van der Waals surface area (Å²) in [4.78, 5) is 0. The van der Waals surface area contributed by atoms with Gasteiger partial charge in [-0.25, -0.2) is 0 Å². The van der Waals surface area contributed by atoms with E-state index in [1.165, 1.54) is 16.8 Å².